The molecule has 2 N–H and O–H groups in total. The average molecular weight is 251 g/mol. The van der Waals surface area contributed by atoms with Crippen LogP contribution in [0.4, 0.5) is 4.39 Å². The molecule has 0 aliphatic carbocycles. The molecule has 19 heavy (non-hydrogen) atoms. The van der Waals surface area contributed by atoms with Gasteiger partial charge in [0.2, 0.25) is 0 Å². The highest BCUT2D eigenvalue weighted by Crippen LogP contribution is 2.30. The van der Waals surface area contributed by atoms with Crippen LogP contribution >= 0.6 is 0 Å². The van der Waals surface area contributed by atoms with Crippen LogP contribution in [0.5, 0.6) is 0 Å². The molecule has 0 saturated carbocycles. The molecule has 4 heteroatoms. The number of halogens is 1. The lowest BCUT2D eigenvalue weighted by Gasteiger charge is -2.00. The molecule has 4 rings (SSSR count). The molecule has 0 fully saturated rings. The van der Waals surface area contributed by atoms with Crippen molar-refractivity contribution in [1.29, 1.82) is 0 Å². The van der Waals surface area contributed by atoms with E-state index in [9.17, 15) is 4.39 Å². The second-order valence-corrected chi connectivity index (χ2v) is 4.56. The molecule has 3 nitrogen and oxygen atoms in total. The summed E-state index contributed by atoms with van der Waals surface area (Å²) in [6, 6.07) is 10.9. The summed E-state index contributed by atoms with van der Waals surface area (Å²) in [5.41, 5.74) is 3.94. The third kappa shape index (κ3) is 1.53. The second kappa shape index (κ2) is 3.68. The van der Waals surface area contributed by atoms with Crippen molar-refractivity contribution in [1.82, 2.24) is 15.2 Å². The molecule has 0 aliphatic heterocycles. The summed E-state index contributed by atoms with van der Waals surface area (Å²) in [5, 5.41) is 9.07. The fourth-order valence-electron chi connectivity index (χ4n) is 2.44. The van der Waals surface area contributed by atoms with Crippen LogP contribution in [0, 0.1) is 5.82 Å². The fraction of sp³-hybridized carbons (Fsp3) is 0. The first-order chi connectivity index (χ1) is 9.31. The van der Waals surface area contributed by atoms with E-state index in [1.807, 2.05) is 24.4 Å². The molecule has 0 radical (unpaired) electrons. The van der Waals surface area contributed by atoms with E-state index in [-0.39, 0.29) is 5.82 Å². The van der Waals surface area contributed by atoms with Crippen molar-refractivity contribution in [2.45, 2.75) is 0 Å². The number of hydrogen-bond donors (Lipinski definition) is 2. The van der Waals surface area contributed by atoms with E-state index in [0.29, 0.717) is 0 Å². The number of fused-ring (bicyclic) bond motifs is 2. The molecular weight excluding hydrogens is 241 g/mol. The van der Waals surface area contributed by atoms with Crippen molar-refractivity contribution in [2.75, 3.05) is 0 Å². The zero-order chi connectivity index (χ0) is 12.8. The molecule has 0 saturated heterocycles. The molecular formula is C15H10FN3. The first-order valence-electron chi connectivity index (χ1n) is 6.01. The van der Waals surface area contributed by atoms with E-state index >= 15 is 0 Å². The lowest BCUT2D eigenvalue weighted by atomic mass is 10.0. The minimum Gasteiger partial charge on any atom is -0.360 e. The molecule has 0 bridgehead atoms. The molecule has 0 unspecified atom stereocenters. The van der Waals surface area contributed by atoms with Gasteiger partial charge in [0.05, 0.1) is 11.7 Å². The number of benzene rings is 2. The highest BCUT2D eigenvalue weighted by Gasteiger charge is 2.07. The molecule has 0 atom stereocenters. The van der Waals surface area contributed by atoms with Gasteiger partial charge in [0.25, 0.3) is 0 Å². The Labute approximate surface area is 108 Å². The van der Waals surface area contributed by atoms with E-state index in [1.54, 1.807) is 12.3 Å². The first kappa shape index (κ1) is 10.3. The van der Waals surface area contributed by atoms with Crippen molar-refractivity contribution in [3.8, 4) is 11.1 Å². The Morgan fingerprint density at radius 1 is 1.00 bits per heavy atom. The van der Waals surface area contributed by atoms with E-state index in [2.05, 4.69) is 15.2 Å². The van der Waals surface area contributed by atoms with E-state index in [1.165, 1.54) is 12.1 Å². The van der Waals surface area contributed by atoms with Gasteiger partial charge in [-0.15, -0.1) is 0 Å². The quantitative estimate of drug-likeness (QED) is 0.530. The number of aromatic amines is 2. The molecule has 2 heterocycles. The Morgan fingerprint density at radius 2 is 1.95 bits per heavy atom. The van der Waals surface area contributed by atoms with Crippen LogP contribution in [0.3, 0.4) is 0 Å². The lowest BCUT2D eigenvalue weighted by Crippen LogP contribution is -1.77. The van der Waals surface area contributed by atoms with Gasteiger partial charge < -0.3 is 4.98 Å². The van der Waals surface area contributed by atoms with Crippen LogP contribution in [-0.4, -0.2) is 15.2 Å². The normalized spacial score (nSPS) is 11.4. The zero-order valence-corrected chi connectivity index (χ0v) is 9.94. The summed E-state index contributed by atoms with van der Waals surface area (Å²) in [6.45, 7) is 0. The third-order valence-corrected chi connectivity index (χ3v) is 3.40. The number of hydrogen-bond acceptors (Lipinski definition) is 1. The lowest BCUT2D eigenvalue weighted by molar-refractivity contribution is 0.629. The molecule has 0 aliphatic rings. The van der Waals surface area contributed by atoms with Crippen molar-refractivity contribution < 1.29 is 4.39 Å². The maximum absolute atomic E-state index is 13.2. The van der Waals surface area contributed by atoms with Gasteiger partial charge in [-0.05, 0) is 29.8 Å². The Kier molecular flexibility index (Phi) is 2.00. The Hall–Kier alpha value is -2.62. The number of aromatic nitrogens is 3. The van der Waals surface area contributed by atoms with Crippen LogP contribution < -0.4 is 0 Å². The summed E-state index contributed by atoms with van der Waals surface area (Å²) >= 11 is 0. The predicted octanol–water partition coefficient (Wildman–Crippen LogP) is 3.85. The summed E-state index contributed by atoms with van der Waals surface area (Å²) in [4.78, 5) is 3.10. The third-order valence-electron chi connectivity index (χ3n) is 3.40. The largest absolute Gasteiger partial charge is 0.360 e. The Bertz CT molecular complexity index is 889. The van der Waals surface area contributed by atoms with E-state index < -0.39 is 0 Å². The maximum atomic E-state index is 13.2. The van der Waals surface area contributed by atoms with Crippen LogP contribution in [-0.2, 0) is 0 Å². The monoisotopic (exact) mass is 251 g/mol. The van der Waals surface area contributed by atoms with Crippen LogP contribution in [0.1, 0.15) is 0 Å². The van der Waals surface area contributed by atoms with Gasteiger partial charge in [0.15, 0.2) is 0 Å². The number of rotatable bonds is 1. The van der Waals surface area contributed by atoms with Crippen molar-refractivity contribution in [2.24, 2.45) is 0 Å². The van der Waals surface area contributed by atoms with Gasteiger partial charge in [-0.3, -0.25) is 5.10 Å². The summed E-state index contributed by atoms with van der Waals surface area (Å²) in [6.07, 6.45) is 3.70. The van der Waals surface area contributed by atoms with Gasteiger partial charge in [0, 0.05) is 28.0 Å². The van der Waals surface area contributed by atoms with Gasteiger partial charge in [-0.2, -0.15) is 5.10 Å². The summed E-state index contributed by atoms with van der Waals surface area (Å²) in [7, 11) is 0. The van der Waals surface area contributed by atoms with E-state index in [4.69, 9.17) is 0 Å². The standard InChI is InChI=1S/C15H10FN3/c16-11-3-4-12-13(8-17-15(12)6-11)9-1-2-10-7-18-19-14(10)5-9/h1-8,17H,(H,18,19). The van der Waals surface area contributed by atoms with Gasteiger partial charge in [-0.1, -0.05) is 12.1 Å². The minimum atomic E-state index is -0.232. The maximum Gasteiger partial charge on any atom is 0.125 e. The smallest absolute Gasteiger partial charge is 0.125 e. The molecule has 0 amide bonds. The van der Waals surface area contributed by atoms with Crippen LogP contribution in [0.2, 0.25) is 0 Å². The summed E-state index contributed by atoms with van der Waals surface area (Å²) < 4.78 is 13.2. The van der Waals surface area contributed by atoms with Crippen molar-refractivity contribution >= 4 is 21.8 Å². The van der Waals surface area contributed by atoms with E-state index in [0.717, 1.165) is 32.9 Å². The Morgan fingerprint density at radius 3 is 2.89 bits per heavy atom. The molecule has 92 valence electrons. The SMILES string of the molecule is Fc1ccc2c(-c3ccc4cn[nH]c4c3)c[nH]c2c1. The van der Waals surface area contributed by atoms with Gasteiger partial charge >= 0.3 is 0 Å². The van der Waals surface area contributed by atoms with Crippen LogP contribution in [0.15, 0.2) is 48.8 Å². The Balaban J connectivity index is 1.97. The van der Waals surface area contributed by atoms with Crippen molar-refractivity contribution in [3.05, 3.63) is 54.6 Å². The molecule has 4 aromatic rings. The number of nitrogens with one attached hydrogen (secondary N) is 2. The topological polar surface area (TPSA) is 44.5 Å². The first-order valence-corrected chi connectivity index (χ1v) is 6.01. The number of H-pyrrole nitrogens is 2. The predicted molar refractivity (Wildman–Crippen MR) is 73.3 cm³/mol. The highest BCUT2D eigenvalue weighted by molar-refractivity contribution is 5.97. The fourth-order valence-corrected chi connectivity index (χ4v) is 2.44. The van der Waals surface area contributed by atoms with Gasteiger partial charge in [-0.25, -0.2) is 4.39 Å². The van der Waals surface area contributed by atoms with Crippen LogP contribution in [0.25, 0.3) is 32.9 Å². The second-order valence-electron chi connectivity index (χ2n) is 4.56. The average Bonchev–Trinajstić information content (AvgIpc) is 3.02. The summed E-state index contributed by atoms with van der Waals surface area (Å²) in [5.74, 6) is -0.232. The molecule has 0 spiro atoms. The zero-order valence-electron chi connectivity index (χ0n) is 9.94. The van der Waals surface area contributed by atoms with Crippen molar-refractivity contribution in [3.63, 3.8) is 0 Å². The number of nitrogens with zero attached hydrogens (tertiary/aromatic N) is 1. The van der Waals surface area contributed by atoms with Gasteiger partial charge in [0.1, 0.15) is 5.82 Å². The minimum absolute atomic E-state index is 0.232. The highest BCUT2D eigenvalue weighted by atomic mass is 19.1. The molecule has 2 aromatic heterocycles. The molecule has 2 aromatic carbocycles.